The molecule has 0 radical (unpaired) electrons. The van der Waals surface area contributed by atoms with Crippen LogP contribution in [0.3, 0.4) is 0 Å². The summed E-state index contributed by atoms with van der Waals surface area (Å²) in [5, 5.41) is 4.93. The predicted octanol–water partition coefficient (Wildman–Crippen LogP) is 5.30. The van der Waals surface area contributed by atoms with E-state index in [1.807, 2.05) is 53.9 Å². The maximum atomic E-state index is 13.5. The molecule has 0 bridgehead atoms. The molecule has 2 heterocycles. The number of hydrogen-bond acceptors (Lipinski definition) is 3. The van der Waals surface area contributed by atoms with E-state index in [4.69, 9.17) is 0 Å². The number of nitrogens with zero attached hydrogens (tertiary/aromatic N) is 1. The molecular formula is C20H14BrIN2O2S. The minimum Gasteiger partial charge on any atom is -0.324 e. The van der Waals surface area contributed by atoms with E-state index in [9.17, 15) is 9.59 Å². The fourth-order valence-corrected chi connectivity index (χ4v) is 5.06. The van der Waals surface area contributed by atoms with Crippen LogP contribution in [0.1, 0.15) is 26.8 Å². The summed E-state index contributed by atoms with van der Waals surface area (Å²) < 4.78 is 1.77. The number of halogens is 2. The van der Waals surface area contributed by atoms with Crippen LogP contribution in [0.2, 0.25) is 0 Å². The normalized spacial score (nSPS) is 16.4. The zero-order valence-corrected chi connectivity index (χ0v) is 18.5. The second-order valence-electron chi connectivity index (χ2n) is 6.11. The van der Waals surface area contributed by atoms with Crippen molar-refractivity contribution in [3.05, 3.63) is 84.0 Å². The maximum Gasteiger partial charge on any atom is 0.256 e. The number of anilines is 1. The van der Waals surface area contributed by atoms with Crippen LogP contribution in [-0.4, -0.2) is 23.3 Å². The Kier molecular flexibility index (Phi) is 5.34. The van der Waals surface area contributed by atoms with E-state index in [0.717, 1.165) is 24.2 Å². The van der Waals surface area contributed by atoms with Crippen molar-refractivity contribution < 1.29 is 9.59 Å². The van der Waals surface area contributed by atoms with Crippen molar-refractivity contribution in [1.82, 2.24) is 4.90 Å². The van der Waals surface area contributed by atoms with E-state index in [2.05, 4.69) is 43.8 Å². The summed E-state index contributed by atoms with van der Waals surface area (Å²) in [7, 11) is 0. The lowest BCUT2D eigenvalue weighted by Gasteiger charge is -2.30. The van der Waals surface area contributed by atoms with Gasteiger partial charge in [-0.3, -0.25) is 9.59 Å². The number of benzene rings is 2. The summed E-state index contributed by atoms with van der Waals surface area (Å²) in [6, 6.07) is 16.8. The molecule has 1 N–H and O–H groups in total. The summed E-state index contributed by atoms with van der Waals surface area (Å²) in [6.45, 7) is -0.00132. The highest BCUT2D eigenvalue weighted by Crippen LogP contribution is 2.39. The summed E-state index contributed by atoms with van der Waals surface area (Å²) >= 11 is 7.26. The number of amides is 2. The third kappa shape index (κ3) is 3.68. The van der Waals surface area contributed by atoms with Crippen molar-refractivity contribution in [3.8, 4) is 0 Å². The fraction of sp³-hybridized carbons (Fsp3) is 0.100. The molecule has 1 aliphatic rings. The molecule has 0 saturated carbocycles. The Morgan fingerprint density at radius 3 is 2.74 bits per heavy atom. The Bertz CT molecular complexity index is 1020. The monoisotopic (exact) mass is 552 g/mol. The number of hydrogen-bond donors (Lipinski definition) is 1. The van der Waals surface area contributed by atoms with Gasteiger partial charge in [0.15, 0.2) is 0 Å². The highest BCUT2D eigenvalue weighted by Gasteiger charge is 2.35. The van der Waals surface area contributed by atoms with Gasteiger partial charge in [-0.15, -0.1) is 11.3 Å². The van der Waals surface area contributed by atoms with Gasteiger partial charge in [-0.05, 0) is 64.4 Å². The Hall–Kier alpha value is -1.71. The van der Waals surface area contributed by atoms with Gasteiger partial charge in [0, 0.05) is 24.2 Å². The largest absolute Gasteiger partial charge is 0.324 e. The quantitative estimate of drug-likeness (QED) is 0.439. The highest BCUT2D eigenvalue weighted by atomic mass is 127. The minimum atomic E-state index is -0.333. The van der Waals surface area contributed by atoms with Crippen LogP contribution in [0.4, 0.5) is 5.69 Å². The third-order valence-electron chi connectivity index (χ3n) is 4.39. The van der Waals surface area contributed by atoms with E-state index in [-0.39, 0.29) is 24.4 Å². The molecule has 4 rings (SSSR count). The van der Waals surface area contributed by atoms with E-state index in [0.29, 0.717) is 5.56 Å². The lowest BCUT2D eigenvalue weighted by molar-refractivity contribution is -0.117. The molecule has 7 heteroatoms. The van der Waals surface area contributed by atoms with Crippen LogP contribution >= 0.6 is 49.9 Å². The molecule has 0 aliphatic carbocycles. The number of thiophene rings is 1. The van der Waals surface area contributed by atoms with Gasteiger partial charge in [0.1, 0.15) is 6.54 Å². The van der Waals surface area contributed by atoms with Crippen molar-refractivity contribution in [2.45, 2.75) is 6.04 Å². The van der Waals surface area contributed by atoms with Gasteiger partial charge in [-0.2, -0.15) is 0 Å². The van der Waals surface area contributed by atoms with Gasteiger partial charge >= 0.3 is 0 Å². The molecule has 0 saturated heterocycles. The molecule has 136 valence electrons. The molecule has 1 atom stereocenters. The van der Waals surface area contributed by atoms with Gasteiger partial charge in [-0.25, -0.2) is 0 Å². The summed E-state index contributed by atoms with van der Waals surface area (Å²) in [5.41, 5.74) is 2.24. The van der Waals surface area contributed by atoms with E-state index < -0.39 is 0 Å². The molecule has 2 aromatic carbocycles. The van der Waals surface area contributed by atoms with Crippen molar-refractivity contribution in [3.63, 3.8) is 0 Å². The molecule has 1 unspecified atom stereocenters. The number of carbonyl (C=O) groups excluding carboxylic acids is 2. The maximum absolute atomic E-state index is 13.5. The molecule has 0 fully saturated rings. The second-order valence-corrected chi connectivity index (χ2v) is 9.17. The van der Waals surface area contributed by atoms with Crippen molar-refractivity contribution >= 4 is 67.4 Å². The molecule has 1 aromatic heterocycles. The van der Waals surface area contributed by atoms with Crippen molar-refractivity contribution in [1.29, 1.82) is 0 Å². The van der Waals surface area contributed by atoms with E-state index in [1.54, 1.807) is 22.3 Å². The van der Waals surface area contributed by atoms with Crippen LogP contribution in [-0.2, 0) is 4.79 Å². The number of nitrogens with one attached hydrogen (secondary N) is 1. The molecular weight excluding hydrogens is 539 g/mol. The fourth-order valence-electron chi connectivity index (χ4n) is 3.21. The second kappa shape index (κ2) is 7.73. The average molecular weight is 553 g/mol. The molecule has 2 amide bonds. The number of carbonyl (C=O) groups is 2. The van der Waals surface area contributed by atoms with Gasteiger partial charge < -0.3 is 10.2 Å². The zero-order chi connectivity index (χ0) is 19.0. The lowest BCUT2D eigenvalue weighted by atomic mass is 10.0. The van der Waals surface area contributed by atoms with Gasteiger partial charge in [0.2, 0.25) is 5.91 Å². The molecule has 27 heavy (non-hydrogen) atoms. The molecule has 0 spiro atoms. The Morgan fingerprint density at radius 1 is 1.19 bits per heavy atom. The first-order valence-electron chi connectivity index (χ1n) is 8.23. The first-order valence-corrected chi connectivity index (χ1v) is 11.0. The van der Waals surface area contributed by atoms with Crippen LogP contribution in [0, 0.1) is 3.57 Å². The van der Waals surface area contributed by atoms with Gasteiger partial charge in [0.05, 0.1) is 11.6 Å². The predicted molar refractivity (Wildman–Crippen MR) is 119 cm³/mol. The standard InChI is InChI=1S/C20H14BrIN2O2S/c21-12-7-8-16-14(10-12)19(17-6-3-9-27-17)24(11-18(25)23-16)20(26)13-4-1-2-5-15(13)22/h1-10,19H,11H2,(H,23,25). The third-order valence-corrected chi connectivity index (χ3v) is 6.74. The summed E-state index contributed by atoms with van der Waals surface area (Å²) in [4.78, 5) is 28.7. The van der Waals surface area contributed by atoms with Crippen LogP contribution in [0.25, 0.3) is 0 Å². The van der Waals surface area contributed by atoms with Crippen molar-refractivity contribution in [2.75, 3.05) is 11.9 Å². The van der Waals surface area contributed by atoms with E-state index >= 15 is 0 Å². The van der Waals surface area contributed by atoms with Crippen LogP contribution in [0.5, 0.6) is 0 Å². The number of rotatable bonds is 2. The molecule has 4 nitrogen and oxygen atoms in total. The molecule has 1 aliphatic heterocycles. The minimum absolute atomic E-state index is 0.00132. The zero-order valence-electron chi connectivity index (χ0n) is 14.0. The Labute approximate surface area is 182 Å². The Morgan fingerprint density at radius 2 is 2.00 bits per heavy atom. The van der Waals surface area contributed by atoms with Crippen molar-refractivity contribution in [2.24, 2.45) is 0 Å². The van der Waals surface area contributed by atoms with E-state index in [1.165, 1.54) is 0 Å². The SMILES string of the molecule is O=C1CN(C(=O)c2ccccc2I)C(c2cccs2)c2cc(Br)ccc2N1. The van der Waals surface area contributed by atoms with Crippen LogP contribution in [0.15, 0.2) is 64.5 Å². The van der Waals surface area contributed by atoms with Gasteiger partial charge in [-0.1, -0.05) is 34.1 Å². The first-order chi connectivity index (χ1) is 13.0. The Balaban J connectivity index is 1.89. The topological polar surface area (TPSA) is 49.4 Å². The smallest absolute Gasteiger partial charge is 0.256 e. The average Bonchev–Trinajstić information content (AvgIpc) is 3.13. The van der Waals surface area contributed by atoms with Gasteiger partial charge in [0.25, 0.3) is 5.91 Å². The first kappa shape index (κ1) is 18.6. The molecule has 3 aromatic rings. The summed E-state index contributed by atoms with van der Waals surface area (Å²) in [5.74, 6) is -0.349. The lowest BCUT2D eigenvalue weighted by Crippen LogP contribution is -2.39. The summed E-state index contributed by atoms with van der Waals surface area (Å²) in [6.07, 6.45) is 0. The highest BCUT2D eigenvalue weighted by molar-refractivity contribution is 14.1. The number of fused-ring (bicyclic) bond motifs is 1. The van der Waals surface area contributed by atoms with Crippen LogP contribution < -0.4 is 5.32 Å².